The fraction of sp³-hybridized carbons (Fsp3) is 0.706. The predicted molar refractivity (Wildman–Crippen MR) is 95.0 cm³/mol. The van der Waals surface area contributed by atoms with Gasteiger partial charge in [0.15, 0.2) is 5.97 Å². The summed E-state index contributed by atoms with van der Waals surface area (Å²) in [4.78, 5) is 26.2. The fourth-order valence-corrected chi connectivity index (χ4v) is 1.64. The zero-order chi connectivity index (χ0) is 18.1. The Morgan fingerprint density at radius 3 is 2.33 bits per heavy atom. The molecule has 0 aliphatic carbocycles. The van der Waals surface area contributed by atoms with Gasteiger partial charge in [0.25, 0.3) is 0 Å². The molecule has 0 saturated heterocycles. The van der Waals surface area contributed by atoms with Gasteiger partial charge in [0.05, 0.1) is 12.4 Å². The number of unbranched alkanes of at least 4 members (excludes halogenated alkanes) is 2. The maximum Gasteiger partial charge on any atom is 2.00 e. The molecule has 0 spiro atoms. The molecule has 0 bridgehead atoms. The molecule has 138 valence electrons. The van der Waals surface area contributed by atoms with Crippen LogP contribution in [0.5, 0.6) is 0 Å². The second-order valence-corrected chi connectivity index (χ2v) is 4.86. The number of esters is 1. The van der Waals surface area contributed by atoms with E-state index in [1.165, 1.54) is 26.2 Å². The topological polar surface area (TPSA) is 93.8 Å². The Bertz CT molecular complexity index is 344. The molecule has 0 aliphatic rings. The number of hydrogen-bond donors (Lipinski definition) is 2. The maximum atomic E-state index is 11.2. The number of amidine groups is 1. The van der Waals surface area contributed by atoms with Gasteiger partial charge in [-0.3, -0.25) is 16.2 Å². The third kappa shape index (κ3) is 17.8. The molecular formula is C17H33N3O3U. The Morgan fingerprint density at radius 1 is 1.29 bits per heavy atom. The van der Waals surface area contributed by atoms with E-state index in [2.05, 4.69) is 24.2 Å². The quantitative estimate of drug-likeness (QED) is 0.131. The molecule has 3 N–H and O–H groups in total. The molecule has 0 aromatic carbocycles. The summed E-state index contributed by atoms with van der Waals surface area (Å²) in [6, 6.07) is 0. The van der Waals surface area contributed by atoms with Crippen molar-refractivity contribution in [2.24, 2.45) is 16.6 Å². The van der Waals surface area contributed by atoms with Gasteiger partial charge in [-0.25, -0.2) is 0 Å². The van der Waals surface area contributed by atoms with Crippen LogP contribution in [0.25, 0.3) is 0 Å². The molecule has 0 aliphatic heterocycles. The van der Waals surface area contributed by atoms with Crippen LogP contribution in [-0.2, 0) is 14.3 Å². The minimum atomic E-state index is -0.774. The molecular weight excluding hydrogens is 532 g/mol. The molecule has 1 atom stereocenters. The van der Waals surface area contributed by atoms with Gasteiger partial charge in [-0.2, -0.15) is 0 Å². The predicted octanol–water partition coefficient (Wildman–Crippen LogP) is 1.94. The van der Waals surface area contributed by atoms with Crippen molar-refractivity contribution >= 4 is 17.6 Å². The first-order chi connectivity index (χ1) is 10.9. The molecule has 0 fully saturated rings. The molecule has 1 unspecified atom stereocenters. The summed E-state index contributed by atoms with van der Waals surface area (Å²) >= 11 is 0. The summed E-state index contributed by atoms with van der Waals surface area (Å²) in [6.45, 7) is 13.5. The molecule has 0 heterocycles. The average Bonchev–Trinajstić information content (AvgIpc) is 2.50. The van der Waals surface area contributed by atoms with Gasteiger partial charge in [0, 0.05) is 6.54 Å². The first-order valence-corrected chi connectivity index (χ1v) is 8.26. The van der Waals surface area contributed by atoms with Crippen LogP contribution < -0.4 is 11.1 Å². The Labute approximate surface area is 171 Å². The van der Waals surface area contributed by atoms with Crippen LogP contribution in [0.3, 0.4) is 0 Å². The molecule has 0 aromatic rings. The third-order valence-electron chi connectivity index (χ3n) is 2.82. The van der Waals surface area contributed by atoms with Crippen LogP contribution in [0.2, 0.25) is 0 Å². The van der Waals surface area contributed by atoms with Gasteiger partial charge in [-0.05, 0) is 39.7 Å². The van der Waals surface area contributed by atoms with E-state index in [1.54, 1.807) is 13.8 Å². The summed E-state index contributed by atoms with van der Waals surface area (Å²) in [5.74, 6) is -1.40. The van der Waals surface area contributed by atoms with Gasteiger partial charge in [0.1, 0.15) is 5.78 Å². The van der Waals surface area contributed by atoms with E-state index in [9.17, 15) is 9.59 Å². The van der Waals surface area contributed by atoms with E-state index in [1.807, 2.05) is 0 Å². The summed E-state index contributed by atoms with van der Waals surface area (Å²) in [6.07, 6.45) is 5.10. The average molecular weight is 565 g/mol. The molecule has 0 radical (unpaired) electrons. The minimum absolute atomic E-state index is 0. The Kier molecular flexibility index (Phi) is 24.2. The van der Waals surface area contributed by atoms with E-state index in [0.29, 0.717) is 6.54 Å². The number of carbonyl (C=O) groups excluding carboxylic acids is 2. The number of nitrogens with zero attached hydrogens (tertiary/aromatic N) is 1. The zero-order valence-electron chi connectivity index (χ0n) is 15.6. The number of nitrogens with two attached hydrogens (primary N) is 1. The molecule has 24 heavy (non-hydrogen) atoms. The van der Waals surface area contributed by atoms with Crippen LogP contribution in [0, 0.1) is 50.4 Å². The Hall–Kier alpha value is -0.508. The number of Topliss-reactive ketones (excluding diaryl/α,β-unsaturated/α-hetero) is 1. The molecule has 0 saturated carbocycles. The van der Waals surface area contributed by atoms with Gasteiger partial charge >= 0.3 is 31.1 Å². The van der Waals surface area contributed by atoms with Crippen molar-refractivity contribution < 1.29 is 45.4 Å². The van der Waals surface area contributed by atoms with Crippen molar-refractivity contribution in [3.8, 4) is 0 Å². The number of aliphatic imine (C=N–C) groups is 1. The van der Waals surface area contributed by atoms with E-state index < -0.39 is 11.9 Å². The van der Waals surface area contributed by atoms with Crippen LogP contribution >= 0.6 is 0 Å². The smallest absolute Gasteiger partial charge is 0.488 e. The first-order valence-electron chi connectivity index (χ1n) is 8.26. The molecule has 7 heteroatoms. The van der Waals surface area contributed by atoms with E-state index in [-0.39, 0.29) is 49.3 Å². The number of carbonyl (C=O) groups is 2. The van der Waals surface area contributed by atoms with Crippen LogP contribution in [0.4, 0.5) is 0 Å². The summed E-state index contributed by atoms with van der Waals surface area (Å²) in [7, 11) is 0. The van der Waals surface area contributed by atoms with E-state index in [0.717, 1.165) is 19.5 Å². The summed E-state index contributed by atoms with van der Waals surface area (Å²) in [5, 5.41) is 3.17. The van der Waals surface area contributed by atoms with Crippen molar-refractivity contribution in [2.75, 3.05) is 26.2 Å². The number of nitrogens with one attached hydrogen (secondary N) is 1. The van der Waals surface area contributed by atoms with Crippen molar-refractivity contribution in [3.63, 3.8) is 0 Å². The second-order valence-electron chi connectivity index (χ2n) is 4.86. The van der Waals surface area contributed by atoms with Crippen molar-refractivity contribution in [3.05, 3.63) is 13.3 Å². The number of hydrogen-bond acceptors (Lipinski definition) is 5. The third-order valence-corrected chi connectivity index (χ3v) is 2.82. The Morgan fingerprint density at radius 2 is 1.92 bits per heavy atom. The van der Waals surface area contributed by atoms with Gasteiger partial charge < -0.3 is 27.5 Å². The number of ether oxygens (including phenoxy) is 1. The maximum absolute atomic E-state index is 11.2. The first kappa shape index (κ1) is 28.3. The SMILES string of the molecule is CCN=C(N)C([CH-]C(=O)OCC)C(C)=O.[CH2-]CNCCCCC.[U+2]. The summed E-state index contributed by atoms with van der Waals surface area (Å²) in [5.41, 5.74) is 5.56. The second kappa shape index (κ2) is 20.5. The number of ketones is 1. The minimum Gasteiger partial charge on any atom is -0.488 e. The Balaban J connectivity index is -0.000000419. The largest absolute Gasteiger partial charge is 2.00 e. The van der Waals surface area contributed by atoms with Crippen LogP contribution in [-0.4, -0.2) is 43.8 Å². The van der Waals surface area contributed by atoms with Gasteiger partial charge in [-0.1, -0.05) is 19.8 Å². The van der Waals surface area contributed by atoms with Crippen LogP contribution in [0.15, 0.2) is 4.99 Å². The molecule has 0 aromatic heterocycles. The van der Waals surface area contributed by atoms with Crippen molar-refractivity contribution in [2.45, 2.75) is 47.0 Å². The molecule has 0 rings (SSSR count). The van der Waals surface area contributed by atoms with E-state index >= 15 is 0 Å². The standard InChI is InChI=1S/C10H17N2O3.C7H16N.U/c1-4-12-10(11)8(7(3)13)6-9(14)15-5-2;1-3-5-6-7-8-4-2;/h6,8H,4-5H2,1-3H3,(H2,11,12);8H,2-7H2,1H3;/q2*-1;+2. The number of rotatable bonds is 11. The van der Waals surface area contributed by atoms with Gasteiger partial charge in [-0.15, -0.1) is 6.54 Å². The van der Waals surface area contributed by atoms with Crippen molar-refractivity contribution in [1.29, 1.82) is 0 Å². The molecule has 6 nitrogen and oxygen atoms in total. The zero-order valence-corrected chi connectivity index (χ0v) is 19.7. The molecule has 0 amide bonds. The van der Waals surface area contributed by atoms with Crippen LogP contribution in [0.1, 0.15) is 47.0 Å². The normalized spacial score (nSPS) is 11.5. The fourth-order valence-electron chi connectivity index (χ4n) is 1.64. The monoisotopic (exact) mass is 565 g/mol. The van der Waals surface area contributed by atoms with Crippen molar-refractivity contribution in [1.82, 2.24) is 5.32 Å². The summed E-state index contributed by atoms with van der Waals surface area (Å²) < 4.78 is 4.69. The van der Waals surface area contributed by atoms with Gasteiger partial charge in [0.2, 0.25) is 0 Å². The van der Waals surface area contributed by atoms with E-state index in [4.69, 9.17) is 10.5 Å².